The molecule has 1 aromatic heterocycles. The third-order valence-electron chi connectivity index (χ3n) is 8.18. The topological polar surface area (TPSA) is 29.9 Å². The second kappa shape index (κ2) is 11.8. The van der Waals surface area contributed by atoms with E-state index in [1.165, 1.54) is 60.8 Å². The molecule has 1 aliphatic rings. The van der Waals surface area contributed by atoms with Crippen molar-refractivity contribution in [1.82, 2.24) is 15.1 Å². The maximum absolute atomic E-state index is 5.28. The average Bonchev–Trinajstić information content (AvgIpc) is 3.35. The summed E-state index contributed by atoms with van der Waals surface area (Å²) in [5.41, 5.74) is 6.39. The molecule has 0 radical (unpaired) electrons. The molecule has 1 aliphatic carbocycles. The first-order chi connectivity index (χ1) is 19.3. The summed E-state index contributed by atoms with van der Waals surface area (Å²) in [5, 5.41) is 9.11. The molecule has 0 saturated heterocycles. The Morgan fingerprint density at radius 2 is 1.21 bits per heavy atom. The monoisotopic (exact) mass is 511 g/mol. The van der Waals surface area contributed by atoms with E-state index in [9.17, 15) is 0 Å². The van der Waals surface area contributed by atoms with Gasteiger partial charge in [-0.05, 0) is 47.2 Å². The summed E-state index contributed by atoms with van der Waals surface area (Å²) in [6, 6.07) is 43.8. The molecule has 3 heteroatoms. The number of hydrogen-bond donors (Lipinski definition) is 1. The molecule has 1 fully saturated rings. The van der Waals surface area contributed by atoms with Crippen LogP contribution in [0.4, 0.5) is 0 Å². The van der Waals surface area contributed by atoms with E-state index in [1.807, 2.05) is 0 Å². The average molecular weight is 512 g/mol. The highest BCUT2D eigenvalue weighted by Gasteiger charge is 2.39. The summed E-state index contributed by atoms with van der Waals surface area (Å²) in [6.45, 7) is 0.904. The van der Waals surface area contributed by atoms with E-state index < -0.39 is 5.54 Å². The van der Waals surface area contributed by atoms with Gasteiger partial charge in [0.15, 0.2) is 0 Å². The SMILES string of the molecule is c1ccc(C(c2ccccc2)(c2ccccc2)n2ccc(-c3cccc(CNC4CCCCCC4)c3)n2)cc1. The van der Waals surface area contributed by atoms with Gasteiger partial charge in [0.2, 0.25) is 0 Å². The molecular weight excluding hydrogens is 474 g/mol. The fourth-order valence-electron chi connectivity index (χ4n) is 6.19. The van der Waals surface area contributed by atoms with Gasteiger partial charge in [-0.2, -0.15) is 5.10 Å². The van der Waals surface area contributed by atoms with Gasteiger partial charge in [0.25, 0.3) is 0 Å². The molecule has 39 heavy (non-hydrogen) atoms. The molecule has 6 rings (SSSR count). The maximum Gasteiger partial charge on any atom is 0.138 e. The van der Waals surface area contributed by atoms with Crippen molar-refractivity contribution in [3.8, 4) is 11.3 Å². The third-order valence-corrected chi connectivity index (χ3v) is 8.18. The zero-order chi connectivity index (χ0) is 26.3. The Labute approximate surface area is 232 Å². The molecule has 0 spiro atoms. The van der Waals surface area contributed by atoms with E-state index in [1.54, 1.807) is 0 Å². The van der Waals surface area contributed by atoms with Crippen molar-refractivity contribution in [2.45, 2.75) is 56.7 Å². The van der Waals surface area contributed by atoms with Crippen LogP contribution >= 0.6 is 0 Å². The van der Waals surface area contributed by atoms with Crippen LogP contribution in [-0.2, 0) is 12.1 Å². The number of nitrogens with zero attached hydrogens (tertiary/aromatic N) is 2. The van der Waals surface area contributed by atoms with Gasteiger partial charge in [-0.15, -0.1) is 0 Å². The van der Waals surface area contributed by atoms with Gasteiger partial charge >= 0.3 is 0 Å². The highest BCUT2D eigenvalue weighted by molar-refractivity contribution is 5.60. The Morgan fingerprint density at radius 3 is 1.77 bits per heavy atom. The Bertz CT molecular complexity index is 1350. The third kappa shape index (κ3) is 5.32. The van der Waals surface area contributed by atoms with Crippen LogP contribution in [0.2, 0.25) is 0 Å². The van der Waals surface area contributed by atoms with Crippen LogP contribution < -0.4 is 5.32 Å². The van der Waals surface area contributed by atoms with Crippen LogP contribution in [0.3, 0.4) is 0 Å². The molecular formula is C36H37N3. The first kappa shape index (κ1) is 25.3. The van der Waals surface area contributed by atoms with Gasteiger partial charge in [0.05, 0.1) is 5.69 Å². The molecule has 1 N–H and O–H groups in total. The molecule has 5 aromatic rings. The van der Waals surface area contributed by atoms with Crippen LogP contribution in [0, 0.1) is 0 Å². The van der Waals surface area contributed by atoms with Crippen LogP contribution in [0.25, 0.3) is 11.3 Å². The van der Waals surface area contributed by atoms with Crippen LogP contribution in [0.5, 0.6) is 0 Å². The molecule has 1 heterocycles. The van der Waals surface area contributed by atoms with Crippen molar-refractivity contribution in [1.29, 1.82) is 0 Å². The zero-order valence-corrected chi connectivity index (χ0v) is 22.5. The van der Waals surface area contributed by atoms with Crippen LogP contribution in [-0.4, -0.2) is 15.8 Å². The highest BCUT2D eigenvalue weighted by Crippen LogP contribution is 2.40. The van der Waals surface area contributed by atoms with E-state index in [0.29, 0.717) is 6.04 Å². The Hall–Kier alpha value is -3.95. The summed E-state index contributed by atoms with van der Waals surface area (Å²) >= 11 is 0. The molecule has 196 valence electrons. The second-order valence-corrected chi connectivity index (χ2v) is 10.7. The predicted octanol–water partition coefficient (Wildman–Crippen LogP) is 8.20. The maximum atomic E-state index is 5.28. The lowest BCUT2D eigenvalue weighted by Crippen LogP contribution is -2.38. The molecule has 0 bridgehead atoms. The fourth-order valence-corrected chi connectivity index (χ4v) is 6.19. The molecule has 0 amide bonds. The van der Waals surface area contributed by atoms with Crippen molar-refractivity contribution in [2.75, 3.05) is 0 Å². The predicted molar refractivity (Wildman–Crippen MR) is 161 cm³/mol. The number of benzene rings is 4. The first-order valence-corrected chi connectivity index (χ1v) is 14.4. The molecule has 3 nitrogen and oxygen atoms in total. The number of aromatic nitrogens is 2. The standard InChI is InChI=1S/C36H37N3/c1-2-13-24-34(23-12-1)37-28-29-15-14-16-30(27-29)35-25-26-39(38-35)36(31-17-6-3-7-18-31,32-19-8-4-9-20-32)33-21-10-5-11-22-33/h3-11,14-22,25-27,34,37H,1-2,12-13,23-24,28H2. The lowest BCUT2D eigenvalue weighted by Gasteiger charge is -2.36. The van der Waals surface area contributed by atoms with E-state index in [4.69, 9.17) is 5.10 Å². The van der Waals surface area contributed by atoms with E-state index in [-0.39, 0.29) is 0 Å². The smallest absolute Gasteiger partial charge is 0.138 e. The van der Waals surface area contributed by atoms with Crippen molar-refractivity contribution in [3.05, 3.63) is 150 Å². The zero-order valence-electron chi connectivity index (χ0n) is 22.5. The van der Waals surface area contributed by atoms with Gasteiger partial charge in [-0.1, -0.05) is 135 Å². The van der Waals surface area contributed by atoms with Crippen LogP contribution in [0.1, 0.15) is 60.8 Å². The second-order valence-electron chi connectivity index (χ2n) is 10.7. The van der Waals surface area contributed by atoms with Crippen molar-refractivity contribution >= 4 is 0 Å². The highest BCUT2D eigenvalue weighted by atomic mass is 15.3. The lowest BCUT2D eigenvalue weighted by atomic mass is 9.77. The lowest BCUT2D eigenvalue weighted by molar-refractivity contribution is 0.459. The minimum absolute atomic E-state index is 0.597. The quantitative estimate of drug-likeness (QED) is 0.168. The molecule has 0 aliphatic heterocycles. The Kier molecular flexibility index (Phi) is 7.69. The normalized spacial score (nSPS) is 14.7. The Morgan fingerprint density at radius 1 is 0.641 bits per heavy atom. The van der Waals surface area contributed by atoms with E-state index in [0.717, 1.165) is 17.8 Å². The van der Waals surface area contributed by atoms with Gasteiger partial charge in [-0.3, -0.25) is 4.68 Å². The first-order valence-electron chi connectivity index (χ1n) is 14.4. The van der Waals surface area contributed by atoms with Gasteiger partial charge in [0, 0.05) is 24.3 Å². The summed E-state index contributed by atoms with van der Waals surface area (Å²) in [4.78, 5) is 0. The van der Waals surface area contributed by atoms with Crippen LogP contribution in [0.15, 0.2) is 128 Å². The van der Waals surface area contributed by atoms with Gasteiger partial charge in [-0.25, -0.2) is 0 Å². The molecule has 0 unspecified atom stereocenters. The summed E-state index contributed by atoms with van der Waals surface area (Å²) in [7, 11) is 0. The molecule has 0 atom stereocenters. The minimum Gasteiger partial charge on any atom is -0.310 e. The summed E-state index contributed by atoms with van der Waals surface area (Å²) < 4.78 is 2.15. The number of hydrogen-bond acceptors (Lipinski definition) is 2. The molecule has 4 aromatic carbocycles. The number of rotatable bonds is 8. The Balaban J connectivity index is 1.39. The summed E-state index contributed by atoms with van der Waals surface area (Å²) in [5.74, 6) is 0. The number of nitrogens with one attached hydrogen (secondary N) is 1. The largest absolute Gasteiger partial charge is 0.310 e. The molecule has 1 saturated carbocycles. The van der Waals surface area contributed by atoms with Crippen molar-refractivity contribution in [2.24, 2.45) is 0 Å². The fraction of sp³-hybridized carbons (Fsp3) is 0.250. The summed E-state index contributed by atoms with van der Waals surface area (Å²) in [6.07, 6.45) is 10.2. The minimum atomic E-state index is -0.597. The van der Waals surface area contributed by atoms with Gasteiger partial charge < -0.3 is 5.32 Å². The van der Waals surface area contributed by atoms with Crippen molar-refractivity contribution in [3.63, 3.8) is 0 Å². The van der Waals surface area contributed by atoms with E-state index in [2.05, 4.69) is 138 Å². The van der Waals surface area contributed by atoms with Crippen molar-refractivity contribution < 1.29 is 0 Å². The van der Waals surface area contributed by atoms with Gasteiger partial charge in [0.1, 0.15) is 5.54 Å². The van der Waals surface area contributed by atoms with E-state index >= 15 is 0 Å².